The van der Waals surface area contributed by atoms with Crippen LogP contribution in [0.25, 0.3) is 10.9 Å². The molecule has 4 rings (SSSR count). The fourth-order valence-electron chi connectivity index (χ4n) is 4.15. The van der Waals surface area contributed by atoms with Crippen LogP contribution in [0.4, 0.5) is 5.69 Å². The average molecular weight is 454 g/mol. The van der Waals surface area contributed by atoms with Crippen molar-refractivity contribution in [1.82, 2.24) is 9.71 Å². The Morgan fingerprint density at radius 2 is 1.75 bits per heavy atom. The number of rotatable bonds is 7. The summed E-state index contributed by atoms with van der Waals surface area (Å²) in [4.78, 5) is 17.0. The number of fused-ring (bicyclic) bond motifs is 1. The van der Waals surface area contributed by atoms with E-state index >= 15 is 0 Å². The SMILES string of the molecule is COc1ccc(NC(=O)C2CCC(CNS(=O)(=O)c3cccc4cccnc34)CC2)cc1. The number of carbonyl (C=O) groups is 1. The normalized spacial score (nSPS) is 18.9. The predicted octanol–water partition coefficient (Wildman–Crippen LogP) is 3.97. The van der Waals surface area contributed by atoms with Crippen LogP contribution in [0.1, 0.15) is 25.7 Å². The standard InChI is InChI=1S/C24H27N3O4S/c1-31-21-13-11-20(12-14-21)27-24(28)19-9-7-17(8-10-19)16-26-32(29,30)22-6-2-4-18-5-3-15-25-23(18)22/h2-6,11-15,17,19,26H,7-10,16H2,1H3,(H,27,28). The summed E-state index contributed by atoms with van der Waals surface area (Å²) in [6.07, 6.45) is 4.68. The molecule has 0 radical (unpaired) electrons. The Bertz CT molecular complexity index is 1180. The highest BCUT2D eigenvalue weighted by Crippen LogP contribution is 2.30. The van der Waals surface area contributed by atoms with Crippen molar-refractivity contribution < 1.29 is 17.9 Å². The molecular formula is C24H27N3O4S. The van der Waals surface area contributed by atoms with Crippen LogP contribution in [0, 0.1) is 11.8 Å². The van der Waals surface area contributed by atoms with Gasteiger partial charge in [-0.2, -0.15) is 0 Å². The van der Waals surface area contributed by atoms with Crippen LogP contribution < -0.4 is 14.8 Å². The molecular weight excluding hydrogens is 426 g/mol. The van der Waals surface area contributed by atoms with E-state index in [4.69, 9.17) is 4.74 Å². The molecule has 32 heavy (non-hydrogen) atoms. The van der Waals surface area contributed by atoms with Gasteiger partial charge in [-0.25, -0.2) is 13.1 Å². The molecule has 1 heterocycles. The summed E-state index contributed by atoms with van der Waals surface area (Å²) < 4.78 is 33.7. The third-order valence-electron chi connectivity index (χ3n) is 6.02. The molecule has 0 spiro atoms. The largest absolute Gasteiger partial charge is 0.497 e. The van der Waals surface area contributed by atoms with Crippen molar-refractivity contribution >= 4 is 32.5 Å². The van der Waals surface area contributed by atoms with Crippen molar-refractivity contribution in [3.63, 3.8) is 0 Å². The maximum Gasteiger partial charge on any atom is 0.242 e. The van der Waals surface area contributed by atoms with Crippen LogP contribution in [0.5, 0.6) is 5.75 Å². The van der Waals surface area contributed by atoms with Gasteiger partial charge in [0.15, 0.2) is 0 Å². The highest BCUT2D eigenvalue weighted by atomic mass is 32.2. The second-order valence-electron chi connectivity index (χ2n) is 8.12. The number of benzene rings is 2. The molecule has 8 heteroatoms. The molecule has 0 unspecified atom stereocenters. The molecule has 0 saturated heterocycles. The molecule has 1 aliphatic carbocycles. The van der Waals surface area contributed by atoms with Gasteiger partial charge in [0.25, 0.3) is 0 Å². The molecule has 0 aliphatic heterocycles. The highest BCUT2D eigenvalue weighted by molar-refractivity contribution is 7.89. The highest BCUT2D eigenvalue weighted by Gasteiger charge is 2.28. The summed E-state index contributed by atoms with van der Waals surface area (Å²) >= 11 is 0. The lowest BCUT2D eigenvalue weighted by Crippen LogP contribution is -2.33. The first-order valence-corrected chi connectivity index (χ1v) is 12.2. The lowest BCUT2D eigenvalue weighted by atomic mass is 9.81. The maximum absolute atomic E-state index is 12.9. The summed E-state index contributed by atoms with van der Waals surface area (Å²) in [6.45, 7) is 0.359. The zero-order valence-electron chi connectivity index (χ0n) is 18.0. The van der Waals surface area contributed by atoms with Crippen molar-refractivity contribution in [2.24, 2.45) is 11.8 Å². The number of para-hydroxylation sites is 1. The Kier molecular flexibility index (Phi) is 6.72. The van der Waals surface area contributed by atoms with Crippen LogP contribution in [0.3, 0.4) is 0 Å². The zero-order chi connectivity index (χ0) is 22.6. The van der Waals surface area contributed by atoms with Gasteiger partial charge >= 0.3 is 0 Å². The molecule has 3 aromatic rings. The van der Waals surface area contributed by atoms with Crippen LogP contribution in [-0.4, -0.2) is 33.0 Å². The van der Waals surface area contributed by atoms with Crippen molar-refractivity contribution in [2.45, 2.75) is 30.6 Å². The molecule has 1 fully saturated rings. The number of nitrogens with zero attached hydrogens (tertiary/aromatic N) is 1. The van der Waals surface area contributed by atoms with Crippen molar-refractivity contribution in [3.8, 4) is 5.75 Å². The van der Waals surface area contributed by atoms with Gasteiger partial charge in [-0.15, -0.1) is 0 Å². The van der Waals surface area contributed by atoms with E-state index in [1.54, 1.807) is 31.5 Å². The fourth-order valence-corrected chi connectivity index (χ4v) is 5.44. The molecule has 0 atom stereocenters. The Balaban J connectivity index is 1.30. The zero-order valence-corrected chi connectivity index (χ0v) is 18.8. The summed E-state index contributed by atoms with van der Waals surface area (Å²) in [7, 11) is -2.06. The van der Waals surface area contributed by atoms with Crippen molar-refractivity contribution in [1.29, 1.82) is 0 Å². The van der Waals surface area contributed by atoms with E-state index < -0.39 is 10.0 Å². The number of anilines is 1. The van der Waals surface area contributed by atoms with Gasteiger partial charge in [0, 0.05) is 29.7 Å². The van der Waals surface area contributed by atoms with Crippen LogP contribution in [0.15, 0.2) is 65.7 Å². The lowest BCUT2D eigenvalue weighted by Gasteiger charge is -2.28. The number of hydrogen-bond acceptors (Lipinski definition) is 5. The number of carbonyl (C=O) groups excluding carboxylic acids is 1. The second-order valence-corrected chi connectivity index (χ2v) is 9.85. The van der Waals surface area contributed by atoms with E-state index in [9.17, 15) is 13.2 Å². The first-order chi connectivity index (χ1) is 15.5. The molecule has 7 nitrogen and oxygen atoms in total. The topological polar surface area (TPSA) is 97.4 Å². The molecule has 168 valence electrons. The third-order valence-corrected chi connectivity index (χ3v) is 7.48. The molecule has 2 N–H and O–H groups in total. The summed E-state index contributed by atoms with van der Waals surface area (Å²) in [5, 5.41) is 3.75. The van der Waals surface area contributed by atoms with E-state index in [0.717, 1.165) is 42.5 Å². The molecule has 1 aromatic heterocycles. The first-order valence-electron chi connectivity index (χ1n) is 10.7. The predicted molar refractivity (Wildman–Crippen MR) is 124 cm³/mol. The van der Waals surface area contributed by atoms with E-state index in [0.29, 0.717) is 12.1 Å². The van der Waals surface area contributed by atoms with Gasteiger partial charge < -0.3 is 10.1 Å². The third kappa shape index (κ3) is 5.08. The van der Waals surface area contributed by atoms with E-state index in [1.165, 1.54) is 0 Å². The minimum Gasteiger partial charge on any atom is -0.497 e. The van der Waals surface area contributed by atoms with Gasteiger partial charge in [-0.3, -0.25) is 9.78 Å². The number of pyridine rings is 1. The summed E-state index contributed by atoms with van der Waals surface area (Å²) in [5.41, 5.74) is 1.22. The summed E-state index contributed by atoms with van der Waals surface area (Å²) in [6, 6.07) is 16.0. The molecule has 0 bridgehead atoms. The maximum atomic E-state index is 12.9. The van der Waals surface area contributed by atoms with Gasteiger partial charge in [-0.1, -0.05) is 18.2 Å². The fraction of sp³-hybridized carbons (Fsp3) is 0.333. The second kappa shape index (κ2) is 9.67. The number of sulfonamides is 1. The van der Waals surface area contributed by atoms with Crippen molar-refractivity contribution in [2.75, 3.05) is 19.0 Å². The Morgan fingerprint density at radius 3 is 2.47 bits per heavy atom. The van der Waals surface area contributed by atoms with Crippen molar-refractivity contribution in [3.05, 3.63) is 60.8 Å². The van der Waals surface area contributed by atoms with Crippen LogP contribution >= 0.6 is 0 Å². The van der Waals surface area contributed by atoms with Gasteiger partial charge in [0.05, 0.1) is 12.6 Å². The average Bonchev–Trinajstić information content (AvgIpc) is 2.83. The number of amides is 1. The number of hydrogen-bond donors (Lipinski definition) is 2. The lowest BCUT2D eigenvalue weighted by molar-refractivity contribution is -0.121. The molecule has 1 saturated carbocycles. The number of nitrogens with one attached hydrogen (secondary N) is 2. The molecule has 1 amide bonds. The molecule has 1 aliphatic rings. The van der Waals surface area contributed by atoms with Crippen LogP contribution in [-0.2, 0) is 14.8 Å². The minimum atomic E-state index is -3.66. The van der Waals surface area contributed by atoms with Gasteiger partial charge in [-0.05, 0) is 68.0 Å². The Labute approximate surface area is 188 Å². The summed E-state index contributed by atoms with van der Waals surface area (Å²) in [5.74, 6) is 0.895. The van der Waals surface area contributed by atoms with E-state index in [-0.39, 0.29) is 22.6 Å². The Morgan fingerprint density at radius 1 is 1.03 bits per heavy atom. The molecule has 2 aromatic carbocycles. The minimum absolute atomic E-state index is 0.0102. The van der Waals surface area contributed by atoms with E-state index in [1.807, 2.05) is 36.4 Å². The first kappa shape index (κ1) is 22.2. The van der Waals surface area contributed by atoms with Gasteiger partial charge in [0.1, 0.15) is 10.6 Å². The quantitative estimate of drug-likeness (QED) is 0.564. The monoisotopic (exact) mass is 453 g/mol. The van der Waals surface area contributed by atoms with Gasteiger partial charge in [0.2, 0.25) is 15.9 Å². The smallest absolute Gasteiger partial charge is 0.242 e. The number of ether oxygens (including phenoxy) is 1. The number of aromatic nitrogens is 1. The van der Waals surface area contributed by atoms with E-state index in [2.05, 4.69) is 15.0 Å². The Hall–Kier alpha value is -2.97. The number of methoxy groups -OCH3 is 1. The van der Waals surface area contributed by atoms with Crippen LogP contribution in [0.2, 0.25) is 0 Å².